The van der Waals surface area contributed by atoms with Gasteiger partial charge in [-0.2, -0.15) is 0 Å². The molecule has 4 rings (SSSR count). The quantitative estimate of drug-likeness (QED) is 0.673. The van der Waals surface area contributed by atoms with E-state index in [-0.39, 0.29) is 17.9 Å². The van der Waals surface area contributed by atoms with E-state index < -0.39 is 0 Å². The van der Waals surface area contributed by atoms with Crippen molar-refractivity contribution < 1.29 is 4.79 Å². The van der Waals surface area contributed by atoms with Crippen molar-refractivity contribution in [2.24, 2.45) is 0 Å². The van der Waals surface area contributed by atoms with Crippen molar-refractivity contribution in [2.75, 3.05) is 4.90 Å². The van der Waals surface area contributed by atoms with Crippen molar-refractivity contribution in [3.63, 3.8) is 0 Å². The molecule has 2 aromatic carbocycles. The summed E-state index contributed by atoms with van der Waals surface area (Å²) in [6, 6.07) is 20.1. The predicted molar refractivity (Wildman–Crippen MR) is 87.9 cm³/mol. The molecule has 0 N–H and O–H groups in total. The van der Waals surface area contributed by atoms with Gasteiger partial charge in [0.2, 0.25) is 5.91 Å². The van der Waals surface area contributed by atoms with Crippen LogP contribution in [0.2, 0.25) is 0 Å². The second kappa shape index (κ2) is 4.95. The number of benzene rings is 2. The normalized spacial score (nSPS) is 21.0. The Morgan fingerprint density at radius 3 is 2.50 bits per heavy atom. The molecule has 108 valence electrons. The van der Waals surface area contributed by atoms with Crippen molar-refractivity contribution in [2.45, 2.75) is 18.9 Å². The summed E-state index contributed by atoms with van der Waals surface area (Å²) in [4.78, 5) is 19.0. The molecule has 0 radical (unpaired) electrons. The van der Waals surface area contributed by atoms with Crippen molar-refractivity contribution in [3.05, 3.63) is 72.4 Å². The van der Waals surface area contributed by atoms with Crippen molar-refractivity contribution >= 4 is 22.5 Å². The molecule has 2 atom stereocenters. The van der Waals surface area contributed by atoms with Gasteiger partial charge in [0.15, 0.2) is 0 Å². The number of amides is 1. The topological polar surface area (TPSA) is 33.2 Å². The molecule has 3 nitrogen and oxygen atoms in total. The zero-order valence-electron chi connectivity index (χ0n) is 12.3. The Morgan fingerprint density at radius 2 is 1.73 bits per heavy atom. The van der Waals surface area contributed by atoms with Crippen LogP contribution in [0.5, 0.6) is 0 Å². The van der Waals surface area contributed by atoms with Crippen LogP contribution in [0.25, 0.3) is 10.9 Å². The molecule has 1 amide bonds. The van der Waals surface area contributed by atoms with Crippen LogP contribution in [0.3, 0.4) is 0 Å². The van der Waals surface area contributed by atoms with E-state index in [1.54, 1.807) is 6.20 Å². The van der Waals surface area contributed by atoms with Gasteiger partial charge in [-0.25, -0.2) is 0 Å². The van der Waals surface area contributed by atoms with Crippen LogP contribution in [0, 0.1) is 0 Å². The van der Waals surface area contributed by atoms with Crippen LogP contribution < -0.4 is 4.90 Å². The molecule has 0 unspecified atom stereocenters. The molecule has 0 saturated carbocycles. The van der Waals surface area contributed by atoms with E-state index in [9.17, 15) is 4.79 Å². The fourth-order valence-corrected chi connectivity index (χ4v) is 3.33. The van der Waals surface area contributed by atoms with Crippen LogP contribution in [-0.2, 0) is 4.79 Å². The molecular formula is C19H16N2O. The first-order valence-corrected chi connectivity index (χ1v) is 7.49. The number of fused-ring (bicyclic) bond motifs is 1. The molecule has 0 bridgehead atoms. The molecule has 2 heterocycles. The van der Waals surface area contributed by atoms with E-state index in [4.69, 9.17) is 0 Å². The summed E-state index contributed by atoms with van der Waals surface area (Å²) in [5.41, 5.74) is 2.88. The molecule has 1 aliphatic heterocycles. The van der Waals surface area contributed by atoms with Crippen LogP contribution in [0.15, 0.2) is 66.9 Å². The van der Waals surface area contributed by atoms with Gasteiger partial charge in [-0.3, -0.25) is 9.78 Å². The summed E-state index contributed by atoms with van der Waals surface area (Å²) in [7, 11) is 0. The summed E-state index contributed by atoms with van der Waals surface area (Å²) in [5.74, 6) is 0.0945. The molecule has 3 aromatic rings. The van der Waals surface area contributed by atoms with Crippen molar-refractivity contribution in [1.82, 2.24) is 4.98 Å². The van der Waals surface area contributed by atoms with Gasteiger partial charge in [0, 0.05) is 17.6 Å². The first kappa shape index (κ1) is 13.0. The van der Waals surface area contributed by atoms with Crippen molar-refractivity contribution in [1.29, 1.82) is 0 Å². The predicted octanol–water partition coefficient (Wildman–Crippen LogP) is 3.75. The standard InChI is InChI=1S/C19H16N2O/c1-13-17(14-7-3-2-4-8-14)19(22)21(13)16-11-5-9-15-10-6-12-20-18(15)16/h2-13,17H,1H3/t13-,17-/m0/s1. The number of pyridine rings is 1. The lowest BCUT2D eigenvalue weighted by Gasteiger charge is -2.45. The number of rotatable bonds is 2. The largest absolute Gasteiger partial charge is 0.306 e. The van der Waals surface area contributed by atoms with Gasteiger partial charge in [0.25, 0.3) is 0 Å². The third-order valence-electron chi connectivity index (χ3n) is 4.42. The van der Waals surface area contributed by atoms with Crippen molar-refractivity contribution in [3.8, 4) is 0 Å². The first-order valence-electron chi connectivity index (χ1n) is 7.49. The Labute approximate surface area is 129 Å². The Kier molecular flexibility index (Phi) is 2.93. The maximum atomic E-state index is 12.7. The molecule has 0 aliphatic carbocycles. The number of nitrogens with zero attached hydrogens (tertiary/aromatic N) is 2. The van der Waals surface area contributed by atoms with E-state index in [0.717, 1.165) is 22.2 Å². The number of aromatic nitrogens is 1. The Balaban J connectivity index is 1.74. The van der Waals surface area contributed by atoms with E-state index in [1.807, 2.05) is 65.6 Å². The van der Waals surface area contributed by atoms with Gasteiger partial charge in [-0.1, -0.05) is 48.5 Å². The molecule has 22 heavy (non-hydrogen) atoms. The number of carbonyl (C=O) groups excluding carboxylic acids is 1. The third-order valence-corrected chi connectivity index (χ3v) is 4.42. The first-order chi connectivity index (χ1) is 10.8. The van der Waals surface area contributed by atoms with E-state index >= 15 is 0 Å². The summed E-state index contributed by atoms with van der Waals surface area (Å²) in [5, 5.41) is 1.06. The summed E-state index contributed by atoms with van der Waals surface area (Å²) >= 11 is 0. The molecular weight excluding hydrogens is 272 g/mol. The number of hydrogen-bond donors (Lipinski definition) is 0. The molecule has 1 fully saturated rings. The molecule has 1 aromatic heterocycles. The summed E-state index contributed by atoms with van der Waals surface area (Å²) < 4.78 is 0. The maximum Gasteiger partial charge on any atom is 0.236 e. The highest BCUT2D eigenvalue weighted by Crippen LogP contribution is 2.41. The maximum absolute atomic E-state index is 12.7. The highest BCUT2D eigenvalue weighted by atomic mass is 16.2. The fraction of sp³-hybridized carbons (Fsp3) is 0.158. The molecule has 1 aliphatic rings. The highest BCUT2D eigenvalue weighted by Gasteiger charge is 2.46. The molecule has 0 spiro atoms. The lowest BCUT2D eigenvalue weighted by atomic mass is 9.82. The van der Waals surface area contributed by atoms with Gasteiger partial charge < -0.3 is 4.90 Å². The average molecular weight is 288 g/mol. The van der Waals surface area contributed by atoms with Gasteiger partial charge >= 0.3 is 0 Å². The second-order valence-corrected chi connectivity index (χ2v) is 5.69. The highest BCUT2D eigenvalue weighted by molar-refractivity contribution is 6.10. The average Bonchev–Trinajstić information content (AvgIpc) is 2.56. The molecule has 3 heteroatoms. The van der Waals surface area contributed by atoms with E-state index in [0.29, 0.717) is 0 Å². The lowest BCUT2D eigenvalue weighted by Crippen LogP contribution is -2.58. The minimum Gasteiger partial charge on any atom is -0.306 e. The van der Waals surface area contributed by atoms with E-state index in [1.165, 1.54) is 0 Å². The second-order valence-electron chi connectivity index (χ2n) is 5.69. The number of anilines is 1. The van der Waals surface area contributed by atoms with Gasteiger partial charge in [-0.15, -0.1) is 0 Å². The van der Waals surface area contributed by atoms with Crippen LogP contribution in [-0.4, -0.2) is 16.9 Å². The lowest BCUT2D eigenvalue weighted by molar-refractivity contribution is -0.126. The fourth-order valence-electron chi connectivity index (χ4n) is 3.33. The van der Waals surface area contributed by atoms with Crippen LogP contribution >= 0.6 is 0 Å². The zero-order valence-corrected chi connectivity index (χ0v) is 12.3. The summed E-state index contributed by atoms with van der Waals surface area (Å²) in [6.07, 6.45) is 1.77. The van der Waals surface area contributed by atoms with E-state index in [2.05, 4.69) is 11.9 Å². The monoisotopic (exact) mass is 288 g/mol. The Bertz CT molecular complexity index is 839. The van der Waals surface area contributed by atoms with Gasteiger partial charge in [0.05, 0.1) is 17.1 Å². The minimum atomic E-state index is -0.0554. The molecule has 1 saturated heterocycles. The van der Waals surface area contributed by atoms with Gasteiger partial charge in [0.1, 0.15) is 0 Å². The number of carbonyl (C=O) groups is 1. The Morgan fingerprint density at radius 1 is 0.955 bits per heavy atom. The van der Waals surface area contributed by atoms with Crippen LogP contribution in [0.4, 0.5) is 5.69 Å². The zero-order chi connectivity index (χ0) is 15.1. The number of para-hydroxylation sites is 1. The summed E-state index contributed by atoms with van der Waals surface area (Å²) in [6.45, 7) is 2.10. The number of hydrogen-bond acceptors (Lipinski definition) is 2. The number of β-lactam (4-membered cyclic amide) rings is 1. The minimum absolute atomic E-state index is 0.0554. The third kappa shape index (κ3) is 1.82. The van der Waals surface area contributed by atoms with Gasteiger partial charge in [-0.05, 0) is 24.6 Å². The SMILES string of the molecule is C[C@H]1[C@@H](c2ccccc2)C(=O)N1c1cccc2cccnc12. The smallest absolute Gasteiger partial charge is 0.236 e. The van der Waals surface area contributed by atoms with Crippen LogP contribution in [0.1, 0.15) is 18.4 Å². The Hall–Kier alpha value is -2.68.